The van der Waals surface area contributed by atoms with E-state index >= 15 is 0 Å². The van der Waals surface area contributed by atoms with Crippen molar-refractivity contribution in [3.8, 4) is 11.1 Å². The molecule has 1 N–H and O–H groups in total. The maximum absolute atomic E-state index is 4.51. The van der Waals surface area contributed by atoms with Gasteiger partial charge in [0.15, 0.2) is 0 Å². The molecule has 0 radical (unpaired) electrons. The lowest BCUT2D eigenvalue weighted by Crippen LogP contribution is -2.23. The Morgan fingerprint density at radius 3 is 2.54 bits per heavy atom. The van der Waals surface area contributed by atoms with Gasteiger partial charge in [-0.25, -0.2) is 9.97 Å². The first-order chi connectivity index (χ1) is 11.8. The summed E-state index contributed by atoms with van der Waals surface area (Å²) in [6.07, 6.45) is 10.0. The fraction of sp³-hybridized carbons (Fsp3) is 0.350. The number of hydrogen-bond donors (Lipinski definition) is 1. The molecule has 0 unspecified atom stereocenters. The third-order valence-electron chi connectivity index (χ3n) is 4.83. The molecule has 0 bridgehead atoms. The van der Waals surface area contributed by atoms with Crippen molar-refractivity contribution in [3.63, 3.8) is 0 Å². The molecule has 2 heterocycles. The van der Waals surface area contributed by atoms with E-state index in [1.54, 1.807) is 6.33 Å². The Labute approximate surface area is 142 Å². The second kappa shape index (κ2) is 6.56. The third kappa shape index (κ3) is 3.09. The van der Waals surface area contributed by atoms with Crippen LogP contribution in [-0.4, -0.2) is 21.0 Å². The number of aryl methyl sites for hydroxylation is 1. The largest absolute Gasteiger partial charge is 0.367 e. The Kier molecular flexibility index (Phi) is 4.11. The molecule has 0 aliphatic heterocycles. The van der Waals surface area contributed by atoms with Crippen molar-refractivity contribution >= 4 is 16.7 Å². The van der Waals surface area contributed by atoms with E-state index in [1.165, 1.54) is 32.1 Å². The minimum absolute atomic E-state index is 0.529. The standard InChI is InChI=1S/C20H22N4/c1-14-7-8-16(12-21-14)15-9-10-19-18(11-15)20(23-13-22-19)24-17-5-3-2-4-6-17/h7-13,17H,2-6H2,1H3,(H,22,23,24). The second-order valence-electron chi connectivity index (χ2n) is 6.62. The molecule has 0 amide bonds. The van der Waals surface area contributed by atoms with E-state index in [0.717, 1.165) is 33.5 Å². The highest BCUT2D eigenvalue weighted by molar-refractivity contribution is 5.92. The highest BCUT2D eigenvalue weighted by Crippen LogP contribution is 2.28. The quantitative estimate of drug-likeness (QED) is 0.757. The van der Waals surface area contributed by atoms with Crippen LogP contribution in [0.5, 0.6) is 0 Å². The van der Waals surface area contributed by atoms with Crippen molar-refractivity contribution in [1.29, 1.82) is 0 Å². The zero-order chi connectivity index (χ0) is 16.4. The van der Waals surface area contributed by atoms with Gasteiger partial charge in [0.25, 0.3) is 0 Å². The van der Waals surface area contributed by atoms with Crippen LogP contribution in [0.1, 0.15) is 37.8 Å². The summed E-state index contributed by atoms with van der Waals surface area (Å²) in [4.78, 5) is 13.3. The van der Waals surface area contributed by atoms with E-state index in [4.69, 9.17) is 0 Å². The summed E-state index contributed by atoms with van der Waals surface area (Å²) < 4.78 is 0. The molecule has 1 aliphatic rings. The van der Waals surface area contributed by atoms with Crippen LogP contribution in [0.3, 0.4) is 0 Å². The molecule has 0 spiro atoms. The van der Waals surface area contributed by atoms with Crippen molar-refractivity contribution in [2.24, 2.45) is 0 Å². The number of fused-ring (bicyclic) bond motifs is 1. The Hall–Kier alpha value is -2.49. The van der Waals surface area contributed by atoms with Gasteiger partial charge in [0, 0.05) is 28.9 Å². The topological polar surface area (TPSA) is 50.7 Å². The molecule has 4 heteroatoms. The van der Waals surface area contributed by atoms with Crippen molar-refractivity contribution in [3.05, 3.63) is 48.5 Å². The summed E-state index contributed by atoms with van der Waals surface area (Å²) in [6.45, 7) is 2.00. The summed E-state index contributed by atoms with van der Waals surface area (Å²) in [5.41, 5.74) is 4.28. The van der Waals surface area contributed by atoms with Gasteiger partial charge in [0.05, 0.1) is 5.52 Å². The van der Waals surface area contributed by atoms with E-state index in [1.807, 2.05) is 19.2 Å². The second-order valence-corrected chi connectivity index (χ2v) is 6.62. The smallest absolute Gasteiger partial charge is 0.137 e. The molecule has 1 fully saturated rings. The molecule has 1 saturated carbocycles. The lowest BCUT2D eigenvalue weighted by Gasteiger charge is -2.23. The first-order valence-electron chi connectivity index (χ1n) is 8.74. The minimum atomic E-state index is 0.529. The predicted molar refractivity (Wildman–Crippen MR) is 98.0 cm³/mol. The molecule has 24 heavy (non-hydrogen) atoms. The molecular formula is C20H22N4. The van der Waals surface area contributed by atoms with Gasteiger partial charge in [-0.3, -0.25) is 4.98 Å². The highest BCUT2D eigenvalue weighted by atomic mass is 15.0. The average molecular weight is 318 g/mol. The van der Waals surface area contributed by atoms with Gasteiger partial charge in [-0.1, -0.05) is 31.4 Å². The highest BCUT2D eigenvalue weighted by Gasteiger charge is 2.15. The Bertz CT molecular complexity index is 836. The fourth-order valence-corrected chi connectivity index (χ4v) is 3.43. The first-order valence-corrected chi connectivity index (χ1v) is 8.74. The zero-order valence-electron chi connectivity index (χ0n) is 14.0. The third-order valence-corrected chi connectivity index (χ3v) is 4.83. The van der Waals surface area contributed by atoms with Gasteiger partial charge < -0.3 is 5.32 Å². The molecule has 1 aromatic carbocycles. The molecule has 0 atom stereocenters. The van der Waals surface area contributed by atoms with Crippen LogP contribution < -0.4 is 5.32 Å². The summed E-state index contributed by atoms with van der Waals surface area (Å²) in [7, 11) is 0. The maximum Gasteiger partial charge on any atom is 0.137 e. The molecule has 1 aliphatic carbocycles. The summed E-state index contributed by atoms with van der Waals surface area (Å²) >= 11 is 0. The van der Waals surface area contributed by atoms with E-state index in [9.17, 15) is 0 Å². The van der Waals surface area contributed by atoms with Crippen molar-refractivity contribution < 1.29 is 0 Å². The van der Waals surface area contributed by atoms with Gasteiger partial charge in [-0.2, -0.15) is 0 Å². The fourth-order valence-electron chi connectivity index (χ4n) is 3.43. The SMILES string of the molecule is Cc1ccc(-c2ccc3ncnc(NC4CCCCC4)c3c2)cn1. The number of pyridine rings is 1. The summed E-state index contributed by atoms with van der Waals surface area (Å²) in [5.74, 6) is 0.953. The molecule has 2 aromatic heterocycles. The number of nitrogens with zero attached hydrogens (tertiary/aromatic N) is 3. The molecule has 4 rings (SSSR count). The van der Waals surface area contributed by atoms with Crippen LogP contribution in [0, 0.1) is 6.92 Å². The molecular weight excluding hydrogens is 296 g/mol. The van der Waals surface area contributed by atoms with Crippen LogP contribution >= 0.6 is 0 Å². The number of benzene rings is 1. The molecule has 3 aromatic rings. The lowest BCUT2D eigenvalue weighted by atomic mass is 9.95. The lowest BCUT2D eigenvalue weighted by molar-refractivity contribution is 0.462. The molecule has 0 saturated heterocycles. The average Bonchev–Trinajstić information content (AvgIpc) is 2.63. The molecule has 122 valence electrons. The number of rotatable bonds is 3. The number of nitrogens with one attached hydrogen (secondary N) is 1. The van der Waals surface area contributed by atoms with Crippen molar-refractivity contribution in [1.82, 2.24) is 15.0 Å². The summed E-state index contributed by atoms with van der Waals surface area (Å²) in [6, 6.07) is 11.0. The van der Waals surface area contributed by atoms with Crippen LogP contribution in [-0.2, 0) is 0 Å². The van der Waals surface area contributed by atoms with E-state index < -0.39 is 0 Å². The minimum Gasteiger partial charge on any atom is -0.367 e. The van der Waals surface area contributed by atoms with Crippen molar-refractivity contribution in [2.75, 3.05) is 5.32 Å². The van der Waals surface area contributed by atoms with Gasteiger partial charge in [0.1, 0.15) is 12.1 Å². The van der Waals surface area contributed by atoms with E-state index in [2.05, 4.69) is 44.5 Å². The normalized spacial score (nSPS) is 15.5. The number of aromatic nitrogens is 3. The van der Waals surface area contributed by atoms with Gasteiger partial charge >= 0.3 is 0 Å². The van der Waals surface area contributed by atoms with Crippen LogP contribution in [0.15, 0.2) is 42.9 Å². The Morgan fingerprint density at radius 1 is 0.917 bits per heavy atom. The van der Waals surface area contributed by atoms with Gasteiger partial charge in [-0.05, 0) is 43.5 Å². The van der Waals surface area contributed by atoms with Crippen LogP contribution in [0.2, 0.25) is 0 Å². The van der Waals surface area contributed by atoms with E-state index in [0.29, 0.717) is 6.04 Å². The molecule has 4 nitrogen and oxygen atoms in total. The van der Waals surface area contributed by atoms with Gasteiger partial charge in [-0.15, -0.1) is 0 Å². The Morgan fingerprint density at radius 2 is 1.75 bits per heavy atom. The zero-order valence-corrected chi connectivity index (χ0v) is 14.0. The summed E-state index contributed by atoms with van der Waals surface area (Å²) in [5, 5.41) is 4.73. The maximum atomic E-state index is 4.51. The van der Waals surface area contributed by atoms with Gasteiger partial charge in [0.2, 0.25) is 0 Å². The first kappa shape index (κ1) is 15.1. The van der Waals surface area contributed by atoms with Crippen LogP contribution in [0.25, 0.3) is 22.0 Å². The number of hydrogen-bond acceptors (Lipinski definition) is 4. The van der Waals surface area contributed by atoms with E-state index in [-0.39, 0.29) is 0 Å². The Balaban J connectivity index is 1.71. The van der Waals surface area contributed by atoms with Crippen molar-refractivity contribution in [2.45, 2.75) is 45.1 Å². The number of anilines is 1. The predicted octanol–water partition coefficient (Wildman–Crippen LogP) is 4.74. The van der Waals surface area contributed by atoms with Crippen LogP contribution in [0.4, 0.5) is 5.82 Å². The monoisotopic (exact) mass is 318 g/mol.